The first-order chi connectivity index (χ1) is 13.5. The van der Waals surface area contributed by atoms with Crippen molar-refractivity contribution in [1.82, 2.24) is 16.2 Å². The number of ether oxygens (including phenoxy) is 1. The quantitative estimate of drug-likeness (QED) is 0.440. The van der Waals surface area contributed by atoms with E-state index in [9.17, 15) is 19.2 Å². The molecule has 2 aromatic rings. The van der Waals surface area contributed by atoms with Gasteiger partial charge in [-0.05, 0) is 31.2 Å². The van der Waals surface area contributed by atoms with Crippen LogP contribution in [-0.2, 0) is 14.3 Å². The maximum absolute atomic E-state index is 11.9. The van der Waals surface area contributed by atoms with Crippen molar-refractivity contribution in [3.8, 4) is 0 Å². The second kappa shape index (κ2) is 10.3. The molecule has 4 amide bonds. The number of amides is 4. The summed E-state index contributed by atoms with van der Waals surface area (Å²) in [5.41, 5.74) is 5.26. The van der Waals surface area contributed by atoms with Gasteiger partial charge in [0, 0.05) is 11.3 Å². The van der Waals surface area contributed by atoms with Crippen molar-refractivity contribution in [2.45, 2.75) is 13.0 Å². The predicted octanol–water partition coefficient (Wildman–Crippen LogP) is 1.20. The standard InChI is InChI=1S/C19H20N4O5/c1-13(20-19(27)21-15-10-6-3-7-11-15)18(26)28-12-16(24)22-23-17(25)14-8-4-2-5-9-14/h2-11,13H,12H2,1H3,(H,22,24)(H,23,25)(H2,20,21,27)/t13-/m0/s1. The Morgan fingerprint density at radius 1 is 0.893 bits per heavy atom. The summed E-state index contributed by atoms with van der Waals surface area (Å²) in [6.45, 7) is 0.808. The van der Waals surface area contributed by atoms with E-state index >= 15 is 0 Å². The first kappa shape index (κ1) is 20.4. The molecule has 28 heavy (non-hydrogen) atoms. The molecule has 0 spiro atoms. The van der Waals surface area contributed by atoms with Gasteiger partial charge in [-0.3, -0.25) is 20.4 Å². The number of carbonyl (C=O) groups excluding carboxylic acids is 4. The van der Waals surface area contributed by atoms with Gasteiger partial charge >= 0.3 is 12.0 Å². The molecule has 2 aromatic carbocycles. The van der Waals surface area contributed by atoms with Gasteiger partial charge in [0.05, 0.1) is 0 Å². The molecular formula is C19H20N4O5. The maximum atomic E-state index is 11.9. The van der Waals surface area contributed by atoms with Gasteiger partial charge in [0.1, 0.15) is 6.04 Å². The van der Waals surface area contributed by atoms with E-state index in [0.717, 1.165) is 0 Å². The molecule has 0 saturated heterocycles. The number of nitrogens with one attached hydrogen (secondary N) is 4. The molecule has 0 aliphatic heterocycles. The molecule has 0 aromatic heterocycles. The van der Waals surface area contributed by atoms with Crippen molar-refractivity contribution in [2.75, 3.05) is 11.9 Å². The van der Waals surface area contributed by atoms with Crippen molar-refractivity contribution < 1.29 is 23.9 Å². The van der Waals surface area contributed by atoms with Crippen molar-refractivity contribution in [3.63, 3.8) is 0 Å². The minimum atomic E-state index is -0.976. The average molecular weight is 384 g/mol. The average Bonchev–Trinajstić information content (AvgIpc) is 2.71. The Bertz CT molecular complexity index is 827. The van der Waals surface area contributed by atoms with Crippen LogP contribution in [0.2, 0.25) is 0 Å². The summed E-state index contributed by atoms with van der Waals surface area (Å²) >= 11 is 0. The minimum absolute atomic E-state index is 0.363. The molecule has 9 heteroatoms. The number of hydrogen-bond donors (Lipinski definition) is 4. The minimum Gasteiger partial charge on any atom is -0.454 e. The van der Waals surface area contributed by atoms with E-state index in [4.69, 9.17) is 4.74 Å². The van der Waals surface area contributed by atoms with E-state index in [2.05, 4.69) is 21.5 Å². The Balaban J connectivity index is 1.68. The van der Waals surface area contributed by atoms with Crippen LogP contribution in [0, 0.1) is 0 Å². The summed E-state index contributed by atoms with van der Waals surface area (Å²) in [5, 5.41) is 4.95. The van der Waals surface area contributed by atoms with Gasteiger partial charge < -0.3 is 15.4 Å². The number of carbonyl (C=O) groups is 4. The van der Waals surface area contributed by atoms with Crippen LogP contribution in [-0.4, -0.2) is 36.5 Å². The lowest BCUT2D eigenvalue weighted by molar-refractivity contribution is -0.150. The predicted molar refractivity (Wildman–Crippen MR) is 101 cm³/mol. The van der Waals surface area contributed by atoms with Gasteiger partial charge in [0.15, 0.2) is 6.61 Å². The highest BCUT2D eigenvalue weighted by Crippen LogP contribution is 2.04. The van der Waals surface area contributed by atoms with E-state index < -0.39 is 36.5 Å². The lowest BCUT2D eigenvalue weighted by atomic mass is 10.2. The molecule has 9 nitrogen and oxygen atoms in total. The summed E-state index contributed by atoms with van der Waals surface area (Å²) in [6.07, 6.45) is 0. The molecule has 0 heterocycles. The Hall–Kier alpha value is -3.88. The molecule has 0 aliphatic rings. The van der Waals surface area contributed by atoms with Crippen LogP contribution < -0.4 is 21.5 Å². The van der Waals surface area contributed by atoms with Crippen LogP contribution in [0.3, 0.4) is 0 Å². The van der Waals surface area contributed by atoms with Crippen LogP contribution in [0.5, 0.6) is 0 Å². The van der Waals surface area contributed by atoms with Crippen molar-refractivity contribution >= 4 is 29.5 Å². The second-order valence-electron chi connectivity index (χ2n) is 5.66. The number of hydrogen-bond acceptors (Lipinski definition) is 5. The highest BCUT2D eigenvalue weighted by molar-refractivity contribution is 5.95. The fourth-order valence-electron chi connectivity index (χ4n) is 2.03. The van der Waals surface area contributed by atoms with Gasteiger partial charge in [-0.15, -0.1) is 0 Å². The van der Waals surface area contributed by atoms with Crippen LogP contribution in [0.1, 0.15) is 17.3 Å². The van der Waals surface area contributed by atoms with Crippen molar-refractivity contribution in [1.29, 1.82) is 0 Å². The Morgan fingerprint density at radius 2 is 1.50 bits per heavy atom. The number of urea groups is 1. The highest BCUT2D eigenvalue weighted by atomic mass is 16.5. The largest absolute Gasteiger partial charge is 0.454 e. The van der Waals surface area contributed by atoms with Gasteiger partial charge in [0.25, 0.3) is 11.8 Å². The van der Waals surface area contributed by atoms with Crippen molar-refractivity contribution in [3.05, 3.63) is 66.2 Å². The van der Waals surface area contributed by atoms with Crippen LogP contribution in [0.15, 0.2) is 60.7 Å². The molecular weight excluding hydrogens is 364 g/mol. The van der Waals surface area contributed by atoms with Gasteiger partial charge in [-0.25, -0.2) is 9.59 Å². The number of benzene rings is 2. The number of para-hydroxylation sites is 1. The van der Waals surface area contributed by atoms with Crippen LogP contribution in [0.4, 0.5) is 10.5 Å². The molecule has 1 atom stereocenters. The first-order valence-corrected chi connectivity index (χ1v) is 8.39. The summed E-state index contributed by atoms with van der Waals surface area (Å²) in [6, 6.07) is 15.4. The smallest absolute Gasteiger partial charge is 0.328 e. The SMILES string of the molecule is C[C@H](NC(=O)Nc1ccccc1)C(=O)OCC(=O)NNC(=O)c1ccccc1. The second-order valence-corrected chi connectivity index (χ2v) is 5.66. The number of esters is 1. The normalized spacial score (nSPS) is 10.9. The van der Waals surface area contributed by atoms with E-state index in [1.54, 1.807) is 60.7 Å². The summed E-state index contributed by atoms with van der Waals surface area (Å²) in [7, 11) is 0. The zero-order valence-electron chi connectivity index (χ0n) is 15.1. The molecule has 146 valence electrons. The zero-order chi connectivity index (χ0) is 20.4. The summed E-state index contributed by atoms with van der Waals surface area (Å²) in [5.74, 6) is -2.03. The first-order valence-electron chi connectivity index (χ1n) is 8.39. The lowest BCUT2D eigenvalue weighted by Crippen LogP contribution is -2.45. The lowest BCUT2D eigenvalue weighted by Gasteiger charge is -2.14. The maximum Gasteiger partial charge on any atom is 0.328 e. The van der Waals surface area contributed by atoms with E-state index in [1.165, 1.54) is 6.92 Å². The van der Waals surface area contributed by atoms with E-state index in [-0.39, 0.29) is 0 Å². The highest BCUT2D eigenvalue weighted by Gasteiger charge is 2.18. The Morgan fingerprint density at radius 3 is 2.14 bits per heavy atom. The molecule has 4 N–H and O–H groups in total. The molecule has 0 unspecified atom stereocenters. The number of anilines is 1. The van der Waals surface area contributed by atoms with Gasteiger partial charge in [-0.1, -0.05) is 36.4 Å². The molecule has 0 aliphatic carbocycles. The monoisotopic (exact) mass is 384 g/mol. The molecule has 0 bridgehead atoms. The van der Waals surface area contributed by atoms with Gasteiger partial charge in [0.2, 0.25) is 0 Å². The third-order valence-electron chi connectivity index (χ3n) is 3.43. The van der Waals surface area contributed by atoms with Crippen molar-refractivity contribution in [2.24, 2.45) is 0 Å². The topological polar surface area (TPSA) is 126 Å². The summed E-state index contributed by atoms with van der Waals surface area (Å²) < 4.78 is 4.81. The number of rotatable bonds is 6. The fourth-order valence-corrected chi connectivity index (χ4v) is 2.03. The third kappa shape index (κ3) is 6.79. The molecule has 2 rings (SSSR count). The van der Waals surface area contributed by atoms with E-state index in [0.29, 0.717) is 11.3 Å². The molecule has 0 radical (unpaired) electrons. The Kier molecular flexibility index (Phi) is 7.53. The summed E-state index contributed by atoms with van der Waals surface area (Å²) in [4.78, 5) is 47.1. The van der Waals surface area contributed by atoms with Crippen LogP contribution in [0.25, 0.3) is 0 Å². The molecule has 0 saturated carbocycles. The third-order valence-corrected chi connectivity index (χ3v) is 3.43. The molecule has 0 fully saturated rings. The van der Waals surface area contributed by atoms with Crippen LogP contribution >= 0.6 is 0 Å². The Labute approximate surface area is 161 Å². The van der Waals surface area contributed by atoms with E-state index in [1.807, 2.05) is 0 Å². The van der Waals surface area contributed by atoms with Gasteiger partial charge in [-0.2, -0.15) is 0 Å². The fraction of sp³-hybridized carbons (Fsp3) is 0.158. The number of hydrazine groups is 1. The zero-order valence-corrected chi connectivity index (χ0v) is 15.1.